The molecule has 1 aliphatic rings. The molecule has 0 radical (unpaired) electrons. The average molecular weight is 372 g/mol. The Morgan fingerprint density at radius 3 is 2.08 bits per heavy atom. The number of hydrogen-bond acceptors (Lipinski definition) is 4. The van der Waals surface area contributed by atoms with Crippen molar-refractivity contribution >= 4 is 33.0 Å². The molecule has 3 rings (SSSR count). The standard InChI is InChI=1S/C19H20N2O4S/c1-12-3-10-16(26(2,24)25)11-17(12)19(23)21-15-8-6-14(7-9-15)20-18(22)13-4-5-13/h3,6-11,13H,4-5H2,1-2H3,(H,20,22)(H,21,23). The number of amides is 2. The zero-order valence-electron chi connectivity index (χ0n) is 14.6. The van der Waals surface area contributed by atoms with E-state index >= 15 is 0 Å². The highest BCUT2D eigenvalue weighted by Gasteiger charge is 2.29. The molecule has 0 aliphatic heterocycles. The fourth-order valence-corrected chi connectivity index (χ4v) is 3.15. The van der Waals surface area contributed by atoms with E-state index in [9.17, 15) is 18.0 Å². The van der Waals surface area contributed by atoms with Crippen molar-refractivity contribution in [1.29, 1.82) is 0 Å². The number of sulfone groups is 1. The van der Waals surface area contributed by atoms with Gasteiger partial charge in [0, 0.05) is 29.1 Å². The molecule has 136 valence electrons. The first-order valence-corrected chi connectivity index (χ1v) is 10.2. The smallest absolute Gasteiger partial charge is 0.255 e. The van der Waals surface area contributed by atoms with Gasteiger partial charge in [0.1, 0.15) is 0 Å². The summed E-state index contributed by atoms with van der Waals surface area (Å²) in [5.41, 5.74) is 2.22. The van der Waals surface area contributed by atoms with Crippen LogP contribution in [0.4, 0.5) is 11.4 Å². The zero-order valence-corrected chi connectivity index (χ0v) is 15.4. The minimum atomic E-state index is -3.39. The van der Waals surface area contributed by atoms with E-state index in [1.807, 2.05) is 0 Å². The van der Waals surface area contributed by atoms with Crippen LogP contribution in [0, 0.1) is 12.8 Å². The second-order valence-corrected chi connectivity index (χ2v) is 8.56. The van der Waals surface area contributed by atoms with Crippen molar-refractivity contribution in [2.24, 2.45) is 5.92 Å². The van der Waals surface area contributed by atoms with Gasteiger partial charge in [-0.25, -0.2) is 8.42 Å². The topological polar surface area (TPSA) is 92.3 Å². The van der Waals surface area contributed by atoms with E-state index in [4.69, 9.17) is 0 Å². The highest BCUT2D eigenvalue weighted by Crippen LogP contribution is 2.30. The van der Waals surface area contributed by atoms with E-state index in [-0.39, 0.29) is 22.6 Å². The van der Waals surface area contributed by atoms with Gasteiger partial charge >= 0.3 is 0 Å². The van der Waals surface area contributed by atoms with Crippen molar-refractivity contribution in [3.63, 3.8) is 0 Å². The van der Waals surface area contributed by atoms with Crippen LogP contribution in [0.15, 0.2) is 47.4 Å². The lowest BCUT2D eigenvalue weighted by atomic mass is 10.1. The van der Waals surface area contributed by atoms with E-state index in [0.717, 1.165) is 19.1 Å². The third-order valence-corrected chi connectivity index (χ3v) is 5.35. The molecule has 1 saturated carbocycles. The second kappa shape index (κ2) is 6.92. The summed E-state index contributed by atoms with van der Waals surface area (Å²) in [6, 6.07) is 11.3. The van der Waals surface area contributed by atoms with Crippen LogP contribution >= 0.6 is 0 Å². The number of nitrogens with one attached hydrogen (secondary N) is 2. The number of rotatable bonds is 5. The quantitative estimate of drug-likeness (QED) is 0.844. The first-order valence-electron chi connectivity index (χ1n) is 8.27. The third-order valence-electron chi connectivity index (χ3n) is 4.24. The van der Waals surface area contributed by atoms with E-state index in [0.29, 0.717) is 22.5 Å². The van der Waals surface area contributed by atoms with Gasteiger partial charge in [0.15, 0.2) is 9.84 Å². The Kier molecular flexibility index (Phi) is 4.82. The molecule has 6 nitrogen and oxygen atoms in total. The molecule has 2 aromatic rings. The lowest BCUT2D eigenvalue weighted by molar-refractivity contribution is -0.117. The molecular formula is C19H20N2O4S. The van der Waals surface area contributed by atoms with Crippen molar-refractivity contribution < 1.29 is 18.0 Å². The molecule has 0 heterocycles. The van der Waals surface area contributed by atoms with Gasteiger partial charge < -0.3 is 10.6 Å². The molecule has 7 heteroatoms. The maximum Gasteiger partial charge on any atom is 0.255 e. The summed E-state index contributed by atoms with van der Waals surface area (Å²) in [4.78, 5) is 24.3. The molecule has 0 atom stereocenters. The van der Waals surface area contributed by atoms with Crippen molar-refractivity contribution in [3.05, 3.63) is 53.6 Å². The lowest BCUT2D eigenvalue weighted by Gasteiger charge is -2.10. The zero-order chi connectivity index (χ0) is 18.9. The number of anilines is 2. The molecule has 0 bridgehead atoms. The highest BCUT2D eigenvalue weighted by molar-refractivity contribution is 7.90. The van der Waals surface area contributed by atoms with E-state index in [2.05, 4.69) is 10.6 Å². The molecule has 0 unspecified atom stereocenters. The Hall–Kier alpha value is -2.67. The first-order chi connectivity index (χ1) is 12.2. The molecule has 1 aliphatic carbocycles. The SMILES string of the molecule is Cc1ccc(S(C)(=O)=O)cc1C(=O)Nc1ccc(NC(=O)C2CC2)cc1. The number of hydrogen-bond donors (Lipinski definition) is 2. The Morgan fingerprint density at radius 1 is 0.962 bits per heavy atom. The summed E-state index contributed by atoms with van der Waals surface area (Å²) >= 11 is 0. The largest absolute Gasteiger partial charge is 0.326 e. The highest BCUT2D eigenvalue weighted by atomic mass is 32.2. The molecule has 0 aromatic heterocycles. The van der Waals surface area contributed by atoms with Gasteiger partial charge in [-0.05, 0) is 61.7 Å². The van der Waals surface area contributed by atoms with E-state index in [1.54, 1.807) is 37.3 Å². The second-order valence-electron chi connectivity index (χ2n) is 6.54. The number of carbonyl (C=O) groups is 2. The lowest BCUT2D eigenvalue weighted by Crippen LogP contribution is -2.15. The Labute approximate surface area is 152 Å². The number of carbonyl (C=O) groups excluding carboxylic acids is 2. The maximum atomic E-state index is 12.5. The normalized spacial score (nSPS) is 13.9. The van der Waals surface area contributed by atoms with Crippen molar-refractivity contribution in [3.8, 4) is 0 Å². The van der Waals surface area contributed by atoms with Crippen LogP contribution in [0.2, 0.25) is 0 Å². The number of aryl methyl sites for hydroxylation is 1. The van der Waals surface area contributed by atoms with Gasteiger partial charge in [-0.3, -0.25) is 9.59 Å². The van der Waals surface area contributed by atoms with Crippen molar-refractivity contribution in [1.82, 2.24) is 0 Å². The molecule has 2 aromatic carbocycles. The fourth-order valence-electron chi connectivity index (χ4n) is 2.50. The van der Waals surface area contributed by atoms with E-state index in [1.165, 1.54) is 12.1 Å². The van der Waals surface area contributed by atoms with Crippen molar-refractivity contribution in [2.75, 3.05) is 16.9 Å². The maximum absolute atomic E-state index is 12.5. The van der Waals surface area contributed by atoms with Crippen LogP contribution < -0.4 is 10.6 Å². The van der Waals surface area contributed by atoms with Gasteiger partial charge in [0.25, 0.3) is 5.91 Å². The summed E-state index contributed by atoms with van der Waals surface area (Å²) in [6.45, 7) is 1.75. The summed E-state index contributed by atoms with van der Waals surface area (Å²) < 4.78 is 23.4. The van der Waals surface area contributed by atoms with Gasteiger partial charge in [0.2, 0.25) is 5.91 Å². The summed E-state index contributed by atoms with van der Waals surface area (Å²) in [5, 5.41) is 5.58. The van der Waals surface area contributed by atoms with Gasteiger partial charge in [-0.2, -0.15) is 0 Å². The minimum Gasteiger partial charge on any atom is -0.326 e. The van der Waals surface area contributed by atoms with Crippen LogP contribution in [-0.4, -0.2) is 26.5 Å². The molecule has 26 heavy (non-hydrogen) atoms. The van der Waals surface area contributed by atoms with Crippen LogP contribution in [0.25, 0.3) is 0 Å². The fraction of sp³-hybridized carbons (Fsp3) is 0.263. The van der Waals surface area contributed by atoms with Crippen LogP contribution in [0.5, 0.6) is 0 Å². The molecular weight excluding hydrogens is 352 g/mol. The molecule has 0 saturated heterocycles. The predicted molar refractivity (Wildman–Crippen MR) is 100 cm³/mol. The Balaban J connectivity index is 1.72. The van der Waals surface area contributed by atoms with Crippen LogP contribution in [0.1, 0.15) is 28.8 Å². The molecule has 2 N–H and O–H groups in total. The monoisotopic (exact) mass is 372 g/mol. The third kappa shape index (κ3) is 4.29. The minimum absolute atomic E-state index is 0.0231. The molecule has 2 amide bonds. The van der Waals surface area contributed by atoms with Crippen molar-refractivity contribution in [2.45, 2.75) is 24.7 Å². The van der Waals surface area contributed by atoms with Gasteiger partial charge in [-0.15, -0.1) is 0 Å². The van der Waals surface area contributed by atoms with Crippen LogP contribution in [-0.2, 0) is 14.6 Å². The van der Waals surface area contributed by atoms with Crippen LogP contribution in [0.3, 0.4) is 0 Å². The summed E-state index contributed by atoms with van der Waals surface area (Å²) in [5.74, 6) is -0.239. The predicted octanol–water partition coefficient (Wildman–Crippen LogP) is 3.00. The average Bonchev–Trinajstić information content (AvgIpc) is 3.41. The number of benzene rings is 2. The van der Waals surface area contributed by atoms with Gasteiger partial charge in [0.05, 0.1) is 4.90 Å². The molecule has 0 spiro atoms. The van der Waals surface area contributed by atoms with Gasteiger partial charge in [-0.1, -0.05) is 6.07 Å². The Morgan fingerprint density at radius 2 is 1.54 bits per heavy atom. The Bertz CT molecular complexity index is 962. The first kappa shape index (κ1) is 18.1. The summed E-state index contributed by atoms with van der Waals surface area (Å²) in [6.07, 6.45) is 2.98. The summed E-state index contributed by atoms with van der Waals surface area (Å²) in [7, 11) is -3.39. The molecule has 1 fully saturated rings. The van der Waals surface area contributed by atoms with E-state index < -0.39 is 9.84 Å².